The van der Waals surface area contributed by atoms with Crippen LogP contribution < -0.4 is 5.32 Å². The highest BCUT2D eigenvalue weighted by molar-refractivity contribution is 7.71. The number of hydrogen-bond acceptors (Lipinski definition) is 4. The summed E-state index contributed by atoms with van der Waals surface area (Å²) in [6, 6.07) is 8.16. The molecule has 1 aliphatic heterocycles. The maximum absolute atomic E-state index is 12.9. The van der Waals surface area contributed by atoms with Crippen LogP contribution in [0.5, 0.6) is 0 Å². The van der Waals surface area contributed by atoms with Crippen LogP contribution in [-0.4, -0.2) is 47.0 Å². The number of H-pyrrole nitrogens is 1. The van der Waals surface area contributed by atoms with Crippen LogP contribution >= 0.6 is 23.8 Å². The van der Waals surface area contributed by atoms with Gasteiger partial charge in [0.05, 0.1) is 28.4 Å². The number of nitrogens with one attached hydrogen (secondary N) is 2. The molecule has 1 aromatic heterocycles. The first-order valence-electron chi connectivity index (χ1n) is 8.49. The van der Waals surface area contributed by atoms with Crippen molar-refractivity contribution in [2.75, 3.05) is 25.0 Å². The van der Waals surface area contributed by atoms with Crippen molar-refractivity contribution in [1.82, 2.24) is 9.88 Å². The highest BCUT2D eigenvalue weighted by Gasteiger charge is 2.31. The number of aromatic nitrogens is 1. The van der Waals surface area contributed by atoms with Gasteiger partial charge < -0.3 is 19.9 Å². The lowest BCUT2D eigenvalue weighted by molar-refractivity contribution is -0.0763. The van der Waals surface area contributed by atoms with Gasteiger partial charge in [0.15, 0.2) is 0 Å². The first kappa shape index (κ1) is 19.5. The van der Waals surface area contributed by atoms with Crippen LogP contribution in [0.2, 0.25) is 5.02 Å². The average molecular weight is 406 g/mol. The molecule has 0 unspecified atom stereocenters. The molecule has 2 N–H and O–H groups in total. The van der Waals surface area contributed by atoms with Gasteiger partial charge >= 0.3 is 0 Å². The van der Waals surface area contributed by atoms with Gasteiger partial charge in [-0.2, -0.15) is 0 Å². The third-order valence-corrected chi connectivity index (χ3v) is 4.90. The Bertz CT molecular complexity index is 942. The molecule has 2 aromatic rings. The number of amides is 2. The summed E-state index contributed by atoms with van der Waals surface area (Å²) in [4.78, 5) is 29.9. The van der Waals surface area contributed by atoms with Crippen LogP contribution in [0.15, 0.2) is 36.5 Å². The van der Waals surface area contributed by atoms with Crippen molar-refractivity contribution in [1.29, 1.82) is 0 Å². The molecule has 0 spiro atoms. The van der Waals surface area contributed by atoms with E-state index in [0.717, 1.165) is 0 Å². The zero-order valence-electron chi connectivity index (χ0n) is 15.0. The number of rotatable bonds is 3. The van der Waals surface area contributed by atoms with E-state index in [-0.39, 0.29) is 11.8 Å². The van der Waals surface area contributed by atoms with E-state index in [4.69, 9.17) is 28.6 Å². The van der Waals surface area contributed by atoms with Crippen LogP contribution in [-0.2, 0) is 4.74 Å². The van der Waals surface area contributed by atoms with Crippen LogP contribution in [0.25, 0.3) is 0 Å². The summed E-state index contributed by atoms with van der Waals surface area (Å²) in [5.41, 5.74) is 0.754. The number of nitrogens with zero attached hydrogens (tertiary/aromatic N) is 1. The molecule has 0 saturated carbocycles. The number of ether oxygens (including phenoxy) is 1. The van der Waals surface area contributed by atoms with E-state index in [2.05, 4.69) is 10.3 Å². The predicted octanol–water partition coefficient (Wildman–Crippen LogP) is 3.90. The Balaban J connectivity index is 1.82. The summed E-state index contributed by atoms with van der Waals surface area (Å²) in [6.07, 6.45) is 1.65. The van der Waals surface area contributed by atoms with Gasteiger partial charge in [0.25, 0.3) is 11.8 Å². The van der Waals surface area contributed by atoms with Gasteiger partial charge in [-0.15, -0.1) is 0 Å². The Morgan fingerprint density at radius 3 is 2.78 bits per heavy atom. The van der Waals surface area contributed by atoms with E-state index in [1.807, 2.05) is 13.8 Å². The van der Waals surface area contributed by atoms with E-state index in [9.17, 15) is 9.59 Å². The summed E-state index contributed by atoms with van der Waals surface area (Å²) in [5, 5.41) is 3.09. The molecular weight excluding hydrogens is 386 g/mol. The molecule has 27 heavy (non-hydrogen) atoms. The fraction of sp³-hybridized carbons (Fsp3) is 0.316. The Morgan fingerprint density at radius 1 is 1.30 bits per heavy atom. The second-order valence-electron chi connectivity index (χ2n) is 6.90. The Kier molecular flexibility index (Phi) is 5.64. The maximum Gasteiger partial charge on any atom is 0.258 e. The van der Waals surface area contributed by atoms with Crippen LogP contribution in [0, 0.1) is 4.64 Å². The minimum Gasteiger partial charge on any atom is -0.372 e. The smallest absolute Gasteiger partial charge is 0.258 e. The number of benzene rings is 1. The third-order valence-electron chi connectivity index (χ3n) is 4.23. The first-order valence-corrected chi connectivity index (χ1v) is 9.27. The van der Waals surface area contributed by atoms with Crippen LogP contribution in [0.3, 0.4) is 0 Å². The Labute approximate surface area is 167 Å². The van der Waals surface area contributed by atoms with Crippen molar-refractivity contribution >= 4 is 41.3 Å². The van der Waals surface area contributed by atoms with Gasteiger partial charge in [-0.05, 0) is 44.2 Å². The lowest BCUT2D eigenvalue weighted by atomic mass is 10.1. The fourth-order valence-corrected chi connectivity index (χ4v) is 3.35. The van der Waals surface area contributed by atoms with E-state index < -0.39 is 5.60 Å². The summed E-state index contributed by atoms with van der Waals surface area (Å²) >= 11 is 11.4. The minimum absolute atomic E-state index is 0.190. The maximum atomic E-state index is 12.9. The molecular formula is C19H20ClN3O3S. The molecule has 1 saturated heterocycles. The number of carbonyl (C=O) groups excluding carboxylic acids is 2. The minimum atomic E-state index is -0.407. The van der Waals surface area contributed by atoms with Gasteiger partial charge in [0, 0.05) is 25.0 Å². The molecule has 1 aromatic carbocycles. The summed E-state index contributed by atoms with van der Waals surface area (Å²) in [5.74, 6) is -0.547. The largest absolute Gasteiger partial charge is 0.372 e. The number of carbonyl (C=O) groups is 2. The molecule has 8 heteroatoms. The number of pyridine rings is 1. The van der Waals surface area contributed by atoms with Gasteiger partial charge in [-0.25, -0.2) is 0 Å². The first-order chi connectivity index (χ1) is 12.8. The highest BCUT2D eigenvalue weighted by atomic mass is 35.5. The lowest BCUT2D eigenvalue weighted by Gasteiger charge is -2.38. The van der Waals surface area contributed by atoms with Gasteiger partial charge in [0.2, 0.25) is 0 Å². The standard InChI is InChI=1S/C19H20ClN3O3S/c1-19(2)11-23(8-9-26-19)18(25)14-10-12(5-6-15(14)20)22-16(24)13-4-3-7-21-17(13)27/h3-7,10H,8-9,11H2,1-2H3,(H,21,27)(H,22,24). The van der Waals surface area contributed by atoms with Gasteiger partial charge in [-0.3, -0.25) is 9.59 Å². The quantitative estimate of drug-likeness (QED) is 0.759. The lowest BCUT2D eigenvalue weighted by Crippen LogP contribution is -2.50. The molecule has 0 radical (unpaired) electrons. The fourth-order valence-electron chi connectivity index (χ4n) is 2.93. The van der Waals surface area contributed by atoms with Crippen molar-refractivity contribution in [3.8, 4) is 0 Å². The van der Waals surface area contributed by atoms with Crippen molar-refractivity contribution in [2.24, 2.45) is 0 Å². The average Bonchev–Trinajstić information content (AvgIpc) is 2.62. The molecule has 0 bridgehead atoms. The topological polar surface area (TPSA) is 74.4 Å². The van der Waals surface area contributed by atoms with E-state index in [0.29, 0.717) is 46.2 Å². The molecule has 2 heterocycles. The molecule has 0 aliphatic carbocycles. The predicted molar refractivity (Wildman–Crippen MR) is 107 cm³/mol. The summed E-state index contributed by atoms with van der Waals surface area (Å²) in [6.45, 7) is 5.31. The van der Waals surface area contributed by atoms with Crippen LogP contribution in [0.4, 0.5) is 5.69 Å². The van der Waals surface area contributed by atoms with Crippen LogP contribution in [0.1, 0.15) is 34.6 Å². The molecule has 1 fully saturated rings. The Hall–Kier alpha value is -2.22. The number of morpholine rings is 1. The molecule has 0 atom stereocenters. The van der Waals surface area contributed by atoms with E-state index in [1.165, 1.54) is 0 Å². The van der Waals surface area contributed by atoms with Crippen molar-refractivity contribution in [2.45, 2.75) is 19.4 Å². The molecule has 142 valence electrons. The number of aromatic amines is 1. The van der Waals surface area contributed by atoms with Gasteiger partial charge in [-0.1, -0.05) is 23.8 Å². The zero-order chi connectivity index (χ0) is 19.6. The third kappa shape index (κ3) is 4.55. The second-order valence-corrected chi connectivity index (χ2v) is 7.71. The van der Waals surface area contributed by atoms with Crippen molar-refractivity contribution < 1.29 is 14.3 Å². The summed E-state index contributed by atoms with van der Waals surface area (Å²) in [7, 11) is 0. The Morgan fingerprint density at radius 2 is 2.07 bits per heavy atom. The van der Waals surface area contributed by atoms with Gasteiger partial charge in [0.1, 0.15) is 4.64 Å². The zero-order valence-corrected chi connectivity index (χ0v) is 16.6. The monoisotopic (exact) mass is 405 g/mol. The second kappa shape index (κ2) is 7.80. The number of anilines is 1. The van der Waals surface area contributed by atoms with E-state index >= 15 is 0 Å². The molecule has 2 amide bonds. The molecule has 3 rings (SSSR count). The van der Waals surface area contributed by atoms with Crippen molar-refractivity contribution in [3.05, 3.63) is 57.3 Å². The van der Waals surface area contributed by atoms with Crippen molar-refractivity contribution in [3.63, 3.8) is 0 Å². The van der Waals surface area contributed by atoms with E-state index in [1.54, 1.807) is 41.4 Å². The number of hydrogen-bond donors (Lipinski definition) is 2. The summed E-state index contributed by atoms with van der Waals surface area (Å²) < 4.78 is 6.00. The normalized spacial score (nSPS) is 16.0. The SMILES string of the molecule is CC1(C)CN(C(=O)c2cc(NC(=O)c3ccc[nH]c3=S)ccc2Cl)CCO1. The molecule has 1 aliphatic rings. The highest BCUT2D eigenvalue weighted by Crippen LogP contribution is 2.25. The number of halogens is 1. The molecule has 6 nitrogen and oxygen atoms in total.